The van der Waals surface area contributed by atoms with Crippen LogP contribution in [0.4, 0.5) is 0 Å². The Morgan fingerprint density at radius 1 is 1.32 bits per heavy atom. The second-order valence-corrected chi connectivity index (χ2v) is 5.85. The molecule has 0 bridgehead atoms. The molecule has 1 unspecified atom stereocenters. The van der Waals surface area contributed by atoms with E-state index >= 15 is 0 Å². The summed E-state index contributed by atoms with van der Waals surface area (Å²) >= 11 is 0. The number of rotatable bonds is 5. The standard InChI is InChI=1S/C14H26N4O/c1-10(2)18-7-5-12(6-8-18)14-16-13(17-19-14)9-11(3)15-4/h10-12,15H,5-9H2,1-4H3. The van der Waals surface area contributed by atoms with Gasteiger partial charge in [0.2, 0.25) is 5.89 Å². The Morgan fingerprint density at radius 2 is 2.00 bits per heavy atom. The van der Waals surface area contributed by atoms with Crippen molar-refractivity contribution in [2.75, 3.05) is 20.1 Å². The van der Waals surface area contributed by atoms with Gasteiger partial charge in [-0.1, -0.05) is 5.16 Å². The van der Waals surface area contributed by atoms with Crippen LogP contribution in [0, 0.1) is 0 Å². The van der Waals surface area contributed by atoms with E-state index in [1.165, 1.54) is 0 Å². The first-order valence-electron chi connectivity index (χ1n) is 7.34. The molecule has 0 saturated carbocycles. The van der Waals surface area contributed by atoms with Gasteiger partial charge in [-0.25, -0.2) is 0 Å². The summed E-state index contributed by atoms with van der Waals surface area (Å²) in [7, 11) is 1.95. The van der Waals surface area contributed by atoms with Crippen LogP contribution in [0.25, 0.3) is 0 Å². The Kier molecular flexibility index (Phi) is 4.93. The second-order valence-electron chi connectivity index (χ2n) is 5.85. The lowest BCUT2D eigenvalue weighted by atomic mass is 9.96. The minimum absolute atomic E-state index is 0.383. The molecular formula is C14H26N4O. The molecule has 0 amide bonds. The lowest BCUT2D eigenvalue weighted by Gasteiger charge is -2.33. The Morgan fingerprint density at radius 3 is 2.58 bits per heavy atom. The smallest absolute Gasteiger partial charge is 0.229 e. The van der Waals surface area contributed by atoms with Gasteiger partial charge in [-0.3, -0.25) is 0 Å². The maximum Gasteiger partial charge on any atom is 0.229 e. The molecule has 0 aliphatic carbocycles. The third-order valence-electron chi connectivity index (χ3n) is 4.07. The first kappa shape index (κ1) is 14.5. The van der Waals surface area contributed by atoms with Crippen LogP contribution in [0.5, 0.6) is 0 Å². The molecule has 108 valence electrons. The number of piperidine rings is 1. The molecule has 1 aromatic rings. The van der Waals surface area contributed by atoms with Crippen LogP contribution in [-0.4, -0.2) is 47.3 Å². The van der Waals surface area contributed by atoms with E-state index in [1.54, 1.807) is 0 Å². The lowest BCUT2D eigenvalue weighted by Crippen LogP contribution is -2.37. The number of nitrogens with zero attached hydrogens (tertiary/aromatic N) is 3. The fourth-order valence-corrected chi connectivity index (χ4v) is 2.55. The number of likely N-dealkylation sites (N-methyl/N-ethyl adjacent to an activating group) is 1. The minimum Gasteiger partial charge on any atom is -0.339 e. The first-order chi connectivity index (χ1) is 9.10. The molecule has 1 saturated heterocycles. The summed E-state index contributed by atoms with van der Waals surface area (Å²) < 4.78 is 5.44. The van der Waals surface area contributed by atoms with Crippen molar-refractivity contribution in [2.24, 2.45) is 0 Å². The highest BCUT2D eigenvalue weighted by Crippen LogP contribution is 2.27. The van der Waals surface area contributed by atoms with Crippen molar-refractivity contribution in [3.8, 4) is 0 Å². The van der Waals surface area contributed by atoms with Crippen molar-refractivity contribution in [1.82, 2.24) is 20.4 Å². The predicted octanol–water partition coefficient (Wildman–Crippen LogP) is 1.81. The van der Waals surface area contributed by atoms with E-state index in [4.69, 9.17) is 4.52 Å². The van der Waals surface area contributed by atoms with Crippen molar-refractivity contribution in [2.45, 2.75) is 58.0 Å². The van der Waals surface area contributed by atoms with Crippen molar-refractivity contribution in [1.29, 1.82) is 0 Å². The van der Waals surface area contributed by atoms with Gasteiger partial charge in [0.25, 0.3) is 0 Å². The molecule has 1 aliphatic heterocycles. The normalized spacial score (nSPS) is 20.1. The zero-order chi connectivity index (χ0) is 13.8. The number of nitrogens with one attached hydrogen (secondary N) is 1. The monoisotopic (exact) mass is 266 g/mol. The Bertz CT molecular complexity index is 383. The molecule has 0 aromatic carbocycles. The summed E-state index contributed by atoms with van der Waals surface area (Å²) in [6.07, 6.45) is 3.08. The predicted molar refractivity (Wildman–Crippen MR) is 75.2 cm³/mol. The van der Waals surface area contributed by atoms with Gasteiger partial charge in [0, 0.05) is 24.4 Å². The molecule has 0 radical (unpaired) electrons. The maximum absolute atomic E-state index is 5.44. The van der Waals surface area contributed by atoms with Gasteiger partial charge in [-0.15, -0.1) is 0 Å². The molecule has 1 aliphatic rings. The van der Waals surface area contributed by atoms with E-state index in [1.807, 2.05) is 7.05 Å². The van der Waals surface area contributed by atoms with Crippen molar-refractivity contribution < 1.29 is 4.52 Å². The summed E-state index contributed by atoms with van der Waals surface area (Å²) in [6.45, 7) is 8.89. The summed E-state index contributed by atoms with van der Waals surface area (Å²) in [5, 5.41) is 7.29. The molecular weight excluding hydrogens is 240 g/mol. The van der Waals surface area contributed by atoms with Gasteiger partial charge in [0.1, 0.15) is 0 Å². The lowest BCUT2D eigenvalue weighted by molar-refractivity contribution is 0.160. The van der Waals surface area contributed by atoms with Crippen molar-refractivity contribution in [3.63, 3.8) is 0 Å². The van der Waals surface area contributed by atoms with Crippen LogP contribution in [0.3, 0.4) is 0 Å². The van der Waals surface area contributed by atoms with Gasteiger partial charge in [-0.2, -0.15) is 4.98 Å². The van der Waals surface area contributed by atoms with E-state index in [2.05, 4.69) is 41.1 Å². The van der Waals surface area contributed by atoms with Gasteiger partial charge in [0.15, 0.2) is 5.82 Å². The maximum atomic E-state index is 5.44. The number of aromatic nitrogens is 2. The Labute approximate surface area is 115 Å². The largest absolute Gasteiger partial charge is 0.339 e. The molecule has 0 spiro atoms. The van der Waals surface area contributed by atoms with Crippen LogP contribution in [0.2, 0.25) is 0 Å². The van der Waals surface area contributed by atoms with Crippen molar-refractivity contribution in [3.05, 3.63) is 11.7 Å². The van der Waals surface area contributed by atoms with Gasteiger partial charge >= 0.3 is 0 Å². The quantitative estimate of drug-likeness (QED) is 0.881. The molecule has 1 N–H and O–H groups in total. The van der Waals surface area contributed by atoms with Crippen LogP contribution < -0.4 is 5.32 Å². The third-order valence-corrected chi connectivity index (χ3v) is 4.07. The fraction of sp³-hybridized carbons (Fsp3) is 0.857. The first-order valence-corrected chi connectivity index (χ1v) is 7.34. The summed E-state index contributed by atoms with van der Waals surface area (Å²) in [4.78, 5) is 7.07. The molecule has 2 rings (SSSR count). The van der Waals surface area contributed by atoms with E-state index in [-0.39, 0.29) is 0 Å². The van der Waals surface area contributed by atoms with Crippen LogP contribution in [0.15, 0.2) is 4.52 Å². The number of hydrogen-bond donors (Lipinski definition) is 1. The van der Waals surface area contributed by atoms with Crippen LogP contribution >= 0.6 is 0 Å². The average Bonchev–Trinajstić information content (AvgIpc) is 2.87. The molecule has 5 heteroatoms. The SMILES string of the molecule is CNC(C)Cc1noc(C2CCN(C(C)C)CC2)n1. The van der Waals surface area contributed by atoms with Gasteiger partial charge in [0.05, 0.1) is 0 Å². The Balaban J connectivity index is 1.89. The average molecular weight is 266 g/mol. The zero-order valence-corrected chi connectivity index (χ0v) is 12.5. The number of hydrogen-bond acceptors (Lipinski definition) is 5. The summed E-state index contributed by atoms with van der Waals surface area (Å²) in [6, 6.07) is 1.02. The van der Waals surface area contributed by atoms with E-state index in [9.17, 15) is 0 Å². The van der Waals surface area contributed by atoms with Crippen LogP contribution in [-0.2, 0) is 6.42 Å². The summed E-state index contributed by atoms with van der Waals surface area (Å²) in [5.74, 6) is 2.10. The minimum atomic E-state index is 0.383. The second kappa shape index (κ2) is 6.48. The molecule has 5 nitrogen and oxygen atoms in total. The topological polar surface area (TPSA) is 54.2 Å². The molecule has 1 fully saturated rings. The molecule has 1 aromatic heterocycles. The van der Waals surface area contributed by atoms with Gasteiger partial charge in [-0.05, 0) is 53.8 Å². The van der Waals surface area contributed by atoms with Gasteiger partial charge < -0.3 is 14.7 Å². The zero-order valence-electron chi connectivity index (χ0n) is 12.5. The van der Waals surface area contributed by atoms with E-state index in [0.29, 0.717) is 18.0 Å². The molecule has 19 heavy (non-hydrogen) atoms. The molecule has 1 atom stereocenters. The van der Waals surface area contributed by atoms with Crippen LogP contribution in [0.1, 0.15) is 51.2 Å². The number of likely N-dealkylation sites (tertiary alicyclic amines) is 1. The summed E-state index contributed by atoms with van der Waals surface area (Å²) in [5.41, 5.74) is 0. The van der Waals surface area contributed by atoms with E-state index < -0.39 is 0 Å². The highest BCUT2D eigenvalue weighted by atomic mass is 16.5. The van der Waals surface area contributed by atoms with Crippen molar-refractivity contribution >= 4 is 0 Å². The highest BCUT2D eigenvalue weighted by Gasteiger charge is 2.26. The fourth-order valence-electron chi connectivity index (χ4n) is 2.55. The highest BCUT2D eigenvalue weighted by molar-refractivity contribution is 4.98. The third kappa shape index (κ3) is 3.76. The molecule has 2 heterocycles. The Hall–Kier alpha value is -0.940. The van der Waals surface area contributed by atoms with E-state index in [0.717, 1.165) is 44.1 Å².